The predicted octanol–water partition coefficient (Wildman–Crippen LogP) is 3.32. The van der Waals surface area contributed by atoms with Crippen molar-refractivity contribution >= 4 is 0 Å². The molecular weight excluding hydrogens is 184 g/mol. The Labute approximate surface area is 94.3 Å². The van der Waals surface area contributed by atoms with Crippen molar-refractivity contribution < 1.29 is 5.11 Å². The first kappa shape index (κ1) is 11.4. The molecule has 0 aromatic rings. The first-order valence-corrected chi connectivity index (χ1v) is 6.57. The van der Waals surface area contributed by atoms with Crippen LogP contribution in [0.5, 0.6) is 0 Å². The number of hydrogen-bond donors (Lipinski definition) is 1. The molecule has 0 aliphatic heterocycles. The molecule has 5 atom stereocenters. The first-order valence-electron chi connectivity index (χ1n) is 6.57. The lowest BCUT2D eigenvalue weighted by atomic mass is 9.43. The summed E-state index contributed by atoms with van der Waals surface area (Å²) in [6, 6.07) is 0. The van der Waals surface area contributed by atoms with Crippen LogP contribution in [-0.2, 0) is 0 Å². The highest BCUT2D eigenvalue weighted by molar-refractivity contribution is 5.04. The molecule has 0 unspecified atom stereocenters. The molecule has 0 heterocycles. The van der Waals surface area contributed by atoms with Gasteiger partial charge in [-0.25, -0.2) is 0 Å². The summed E-state index contributed by atoms with van der Waals surface area (Å²) in [4.78, 5) is 0. The maximum absolute atomic E-state index is 9.13. The van der Waals surface area contributed by atoms with Crippen LogP contribution in [0, 0.1) is 35.0 Å². The van der Waals surface area contributed by atoms with E-state index in [2.05, 4.69) is 27.7 Å². The summed E-state index contributed by atoms with van der Waals surface area (Å²) >= 11 is 0. The summed E-state index contributed by atoms with van der Waals surface area (Å²) in [5.41, 5.74) is 0.609. The third-order valence-corrected chi connectivity index (χ3v) is 5.53. The molecular formula is C14H26O. The standard InChI is InChI=1S/C14H26O/c1-9(8-15)5-11-6-12-7-13(10(11)2)14(12,3)4/h9-13,15H,5-8H2,1-4H3/t9-,10+,11-,12-,13-/m1/s1. The molecule has 0 spiro atoms. The van der Waals surface area contributed by atoms with Gasteiger partial charge in [-0.05, 0) is 54.3 Å². The van der Waals surface area contributed by atoms with Gasteiger partial charge in [-0.3, -0.25) is 0 Å². The van der Waals surface area contributed by atoms with Crippen LogP contribution in [0.25, 0.3) is 0 Å². The first-order chi connectivity index (χ1) is 6.96. The minimum Gasteiger partial charge on any atom is -0.396 e. The molecule has 0 saturated heterocycles. The fourth-order valence-electron chi connectivity index (χ4n) is 4.16. The third-order valence-electron chi connectivity index (χ3n) is 5.53. The molecule has 1 nitrogen and oxygen atoms in total. The van der Waals surface area contributed by atoms with Crippen molar-refractivity contribution in [3.63, 3.8) is 0 Å². The van der Waals surface area contributed by atoms with Gasteiger partial charge in [0.2, 0.25) is 0 Å². The van der Waals surface area contributed by atoms with E-state index < -0.39 is 0 Å². The van der Waals surface area contributed by atoms with Crippen molar-refractivity contribution in [3.05, 3.63) is 0 Å². The van der Waals surface area contributed by atoms with Crippen LogP contribution >= 0.6 is 0 Å². The Balaban J connectivity index is 1.96. The SMILES string of the molecule is C[C@@H](CO)C[C@@H]1C[C@@H]2C[C@H]([C@H]1C)C2(C)C. The van der Waals surface area contributed by atoms with E-state index in [0.717, 1.165) is 23.7 Å². The van der Waals surface area contributed by atoms with Gasteiger partial charge < -0.3 is 5.11 Å². The summed E-state index contributed by atoms with van der Waals surface area (Å²) in [5, 5.41) is 9.13. The van der Waals surface area contributed by atoms with Gasteiger partial charge in [0.15, 0.2) is 0 Å². The molecule has 2 bridgehead atoms. The molecule has 3 fully saturated rings. The van der Waals surface area contributed by atoms with E-state index in [-0.39, 0.29) is 0 Å². The van der Waals surface area contributed by atoms with Crippen LogP contribution < -0.4 is 0 Å². The highest BCUT2D eigenvalue weighted by Gasteiger charge is 2.55. The second kappa shape index (κ2) is 3.76. The summed E-state index contributed by atoms with van der Waals surface area (Å²) in [6.45, 7) is 9.89. The second-order valence-corrected chi connectivity index (χ2v) is 6.74. The number of aliphatic hydroxyl groups is 1. The lowest BCUT2D eigenvalue weighted by Gasteiger charge is -2.62. The van der Waals surface area contributed by atoms with Gasteiger partial charge in [-0.1, -0.05) is 27.7 Å². The van der Waals surface area contributed by atoms with Crippen molar-refractivity contribution in [1.29, 1.82) is 0 Å². The van der Waals surface area contributed by atoms with E-state index in [9.17, 15) is 0 Å². The van der Waals surface area contributed by atoms with Crippen LogP contribution in [0.1, 0.15) is 47.0 Å². The summed E-state index contributed by atoms with van der Waals surface area (Å²) in [5.74, 6) is 4.17. The highest BCUT2D eigenvalue weighted by Crippen LogP contribution is 2.63. The molecule has 0 amide bonds. The number of rotatable bonds is 3. The zero-order valence-electron chi connectivity index (χ0n) is 10.7. The van der Waals surface area contributed by atoms with Gasteiger partial charge in [0.25, 0.3) is 0 Å². The normalized spacial score (nSPS) is 44.6. The topological polar surface area (TPSA) is 20.2 Å². The minimum atomic E-state index is 0.363. The Morgan fingerprint density at radius 3 is 2.47 bits per heavy atom. The van der Waals surface area contributed by atoms with Crippen molar-refractivity contribution in [1.82, 2.24) is 0 Å². The number of hydrogen-bond acceptors (Lipinski definition) is 1. The highest BCUT2D eigenvalue weighted by atomic mass is 16.3. The largest absolute Gasteiger partial charge is 0.396 e. The van der Waals surface area contributed by atoms with Crippen LogP contribution in [0.2, 0.25) is 0 Å². The number of aliphatic hydroxyl groups excluding tert-OH is 1. The van der Waals surface area contributed by atoms with Crippen molar-refractivity contribution in [2.24, 2.45) is 35.0 Å². The fraction of sp³-hybridized carbons (Fsp3) is 1.00. The van der Waals surface area contributed by atoms with E-state index in [4.69, 9.17) is 5.11 Å². The molecule has 3 aliphatic rings. The van der Waals surface area contributed by atoms with Gasteiger partial charge >= 0.3 is 0 Å². The average molecular weight is 210 g/mol. The van der Waals surface area contributed by atoms with Crippen LogP contribution in [0.15, 0.2) is 0 Å². The monoisotopic (exact) mass is 210 g/mol. The van der Waals surface area contributed by atoms with E-state index in [1.54, 1.807) is 0 Å². The third kappa shape index (κ3) is 1.73. The van der Waals surface area contributed by atoms with Crippen LogP contribution in [0.4, 0.5) is 0 Å². The second-order valence-electron chi connectivity index (χ2n) is 6.74. The Bertz CT molecular complexity index is 233. The fourth-order valence-corrected chi connectivity index (χ4v) is 4.16. The maximum Gasteiger partial charge on any atom is 0.0456 e. The number of fused-ring (bicyclic) bond motifs is 2. The Hall–Kier alpha value is -0.0400. The summed E-state index contributed by atoms with van der Waals surface area (Å²) in [7, 11) is 0. The molecule has 3 saturated carbocycles. The maximum atomic E-state index is 9.13. The van der Waals surface area contributed by atoms with E-state index >= 15 is 0 Å². The van der Waals surface area contributed by atoms with Gasteiger partial charge in [-0.2, -0.15) is 0 Å². The smallest absolute Gasteiger partial charge is 0.0456 e. The minimum absolute atomic E-state index is 0.363. The molecule has 0 radical (unpaired) electrons. The van der Waals surface area contributed by atoms with Crippen LogP contribution in [0.3, 0.4) is 0 Å². The summed E-state index contributed by atoms with van der Waals surface area (Å²) < 4.78 is 0. The molecule has 15 heavy (non-hydrogen) atoms. The van der Waals surface area contributed by atoms with Gasteiger partial charge in [-0.15, -0.1) is 0 Å². The Morgan fingerprint density at radius 2 is 2.00 bits per heavy atom. The molecule has 1 heteroatoms. The van der Waals surface area contributed by atoms with Gasteiger partial charge in [0.05, 0.1) is 0 Å². The average Bonchev–Trinajstić information content (AvgIpc) is 2.19. The van der Waals surface area contributed by atoms with Crippen LogP contribution in [-0.4, -0.2) is 11.7 Å². The zero-order chi connectivity index (χ0) is 11.2. The van der Waals surface area contributed by atoms with E-state index in [1.807, 2.05) is 0 Å². The molecule has 0 aromatic carbocycles. The molecule has 3 aliphatic carbocycles. The van der Waals surface area contributed by atoms with Crippen molar-refractivity contribution in [3.8, 4) is 0 Å². The quantitative estimate of drug-likeness (QED) is 0.757. The lowest BCUT2D eigenvalue weighted by Crippen LogP contribution is -2.55. The predicted molar refractivity (Wildman–Crippen MR) is 63.5 cm³/mol. The lowest BCUT2D eigenvalue weighted by molar-refractivity contribution is -0.132. The Kier molecular flexibility index (Phi) is 2.87. The Morgan fingerprint density at radius 1 is 1.33 bits per heavy atom. The van der Waals surface area contributed by atoms with E-state index in [0.29, 0.717) is 17.9 Å². The van der Waals surface area contributed by atoms with Gasteiger partial charge in [0.1, 0.15) is 0 Å². The molecule has 1 N–H and O–H groups in total. The molecule has 88 valence electrons. The van der Waals surface area contributed by atoms with Crippen molar-refractivity contribution in [2.75, 3.05) is 6.61 Å². The summed E-state index contributed by atoms with van der Waals surface area (Å²) in [6.07, 6.45) is 4.12. The van der Waals surface area contributed by atoms with Gasteiger partial charge in [0, 0.05) is 6.61 Å². The van der Waals surface area contributed by atoms with Crippen molar-refractivity contribution in [2.45, 2.75) is 47.0 Å². The van der Waals surface area contributed by atoms with E-state index in [1.165, 1.54) is 19.3 Å². The molecule has 0 aromatic heterocycles. The zero-order valence-corrected chi connectivity index (χ0v) is 10.7. The molecule has 3 rings (SSSR count).